The molecule has 2 aromatic rings. The molecule has 1 saturated heterocycles. The van der Waals surface area contributed by atoms with Gasteiger partial charge in [0, 0.05) is 36.5 Å². The van der Waals surface area contributed by atoms with E-state index in [1.807, 2.05) is 6.07 Å². The Kier molecular flexibility index (Phi) is 4.90. The zero-order valence-corrected chi connectivity index (χ0v) is 13.3. The first kappa shape index (κ1) is 17.6. The Morgan fingerprint density at radius 3 is 2.72 bits per heavy atom. The van der Waals surface area contributed by atoms with Crippen LogP contribution in [0.25, 0.3) is 0 Å². The Morgan fingerprint density at radius 1 is 1.28 bits per heavy atom. The number of anilines is 1. The van der Waals surface area contributed by atoms with Crippen LogP contribution in [0.2, 0.25) is 0 Å². The molecule has 1 aliphatic rings. The number of hydrogen-bond donors (Lipinski definition) is 1. The van der Waals surface area contributed by atoms with Gasteiger partial charge in [0.1, 0.15) is 14.0 Å². The van der Waals surface area contributed by atoms with Crippen LogP contribution in [0.1, 0.15) is 17.5 Å². The molecule has 1 aliphatic heterocycles. The summed E-state index contributed by atoms with van der Waals surface area (Å²) in [5.41, 5.74) is 1.38. The quantitative estimate of drug-likeness (QED) is 0.860. The summed E-state index contributed by atoms with van der Waals surface area (Å²) in [6, 6.07) is 7.52. The number of aromatic nitrogens is 1. The molecule has 1 unspecified atom stereocenters. The maximum absolute atomic E-state index is 12.5. The molecule has 1 N–H and O–H groups in total. The molecule has 0 bridgehead atoms. The van der Waals surface area contributed by atoms with Crippen molar-refractivity contribution in [3.63, 3.8) is 0 Å². The van der Waals surface area contributed by atoms with Gasteiger partial charge in [0.05, 0.1) is 18.7 Å². The van der Waals surface area contributed by atoms with Crippen LogP contribution in [0.4, 0.5) is 18.9 Å². The summed E-state index contributed by atoms with van der Waals surface area (Å²) in [5.74, 6) is 0.166. The lowest BCUT2D eigenvalue weighted by molar-refractivity contribution is -0.137. The summed E-state index contributed by atoms with van der Waals surface area (Å²) in [5, 5.41) is 9.48. The van der Waals surface area contributed by atoms with Crippen molar-refractivity contribution in [3.05, 3.63) is 47.7 Å². The van der Waals surface area contributed by atoms with E-state index in [-0.39, 0.29) is 18.6 Å². The molecule has 0 amide bonds. The van der Waals surface area contributed by atoms with E-state index < -0.39 is 11.7 Å². The number of rotatable bonds is 4. The number of pyridine rings is 1. The minimum Gasteiger partial charge on any atom is -0.472 e. The standard InChI is InChI=1S/C17H16BF3N2O2/c18-13-2-3-15(11(7-13)10-24)23-6-5-14(9-23)25-16-4-1-12(8-22-16)17(19,20)21/h1-4,7-8,14,24H,5-6,9-10H2. The van der Waals surface area contributed by atoms with Crippen LogP contribution in [0.3, 0.4) is 0 Å². The van der Waals surface area contributed by atoms with Crippen LogP contribution in [-0.4, -0.2) is 37.1 Å². The Balaban J connectivity index is 1.65. The van der Waals surface area contributed by atoms with Crippen LogP contribution in [0, 0.1) is 0 Å². The Bertz CT molecular complexity index is 738. The van der Waals surface area contributed by atoms with E-state index in [1.165, 1.54) is 6.07 Å². The summed E-state index contributed by atoms with van der Waals surface area (Å²) < 4.78 is 43.3. The van der Waals surface area contributed by atoms with E-state index in [0.717, 1.165) is 23.5 Å². The van der Waals surface area contributed by atoms with Crippen LogP contribution in [0.5, 0.6) is 5.88 Å². The summed E-state index contributed by atoms with van der Waals surface area (Å²) in [4.78, 5) is 5.79. The fourth-order valence-corrected chi connectivity index (χ4v) is 2.87. The maximum Gasteiger partial charge on any atom is 0.417 e. The lowest BCUT2D eigenvalue weighted by Crippen LogP contribution is -2.26. The van der Waals surface area contributed by atoms with E-state index in [4.69, 9.17) is 12.6 Å². The van der Waals surface area contributed by atoms with Gasteiger partial charge in [-0.25, -0.2) is 4.98 Å². The third-order valence-corrected chi connectivity index (χ3v) is 4.11. The van der Waals surface area contributed by atoms with Crippen molar-refractivity contribution in [1.82, 2.24) is 4.98 Å². The second kappa shape index (κ2) is 6.96. The van der Waals surface area contributed by atoms with Gasteiger partial charge in [-0.05, 0) is 12.1 Å². The van der Waals surface area contributed by atoms with E-state index >= 15 is 0 Å². The molecule has 2 heterocycles. The van der Waals surface area contributed by atoms with Gasteiger partial charge in [-0.2, -0.15) is 13.2 Å². The minimum absolute atomic E-state index is 0.122. The molecule has 1 fully saturated rings. The molecule has 0 aliphatic carbocycles. The topological polar surface area (TPSA) is 45.6 Å². The molecular weight excluding hydrogens is 332 g/mol. The van der Waals surface area contributed by atoms with Gasteiger partial charge >= 0.3 is 6.18 Å². The van der Waals surface area contributed by atoms with Crippen molar-refractivity contribution in [2.24, 2.45) is 0 Å². The van der Waals surface area contributed by atoms with Crippen molar-refractivity contribution in [3.8, 4) is 5.88 Å². The number of aliphatic hydroxyl groups is 1. The van der Waals surface area contributed by atoms with Crippen LogP contribution in [0.15, 0.2) is 36.5 Å². The number of halogens is 3. The van der Waals surface area contributed by atoms with Crippen molar-refractivity contribution < 1.29 is 23.0 Å². The Hall–Kier alpha value is -2.22. The molecule has 2 radical (unpaired) electrons. The third-order valence-electron chi connectivity index (χ3n) is 4.11. The lowest BCUT2D eigenvalue weighted by Gasteiger charge is -2.22. The molecule has 3 rings (SSSR count). The monoisotopic (exact) mass is 348 g/mol. The van der Waals surface area contributed by atoms with E-state index in [2.05, 4.69) is 9.88 Å². The number of nitrogens with zero attached hydrogens (tertiary/aromatic N) is 2. The van der Waals surface area contributed by atoms with Crippen molar-refractivity contribution in [1.29, 1.82) is 0 Å². The van der Waals surface area contributed by atoms with Crippen molar-refractivity contribution in [2.45, 2.75) is 25.3 Å². The van der Waals surface area contributed by atoms with Gasteiger partial charge < -0.3 is 14.7 Å². The Morgan fingerprint density at radius 2 is 2.08 bits per heavy atom. The molecule has 1 aromatic heterocycles. The average Bonchev–Trinajstić information content (AvgIpc) is 3.02. The van der Waals surface area contributed by atoms with Crippen LogP contribution in [-0.2, 0) is 12.8 Å². The predicted molar refractivity (Wildman–Crippen MR) is 88.2 cm³/mol. The third kappa shape index (κ3) is 4.07. The molecule has 8 heteroatoms. The predicted octanol–water partition coefficient (Wildman–Crippen LogP) is 2.04. The summed E-state index contributed by atoms with van der Waals surface area (Å²) in [6.45, 7) is 1.14. The van der Waals surface area contributed by atoms with Crippen LogP contribution < -0.4 is 15.1 Å². The van der Waals surface area contributed by atoms with Gasteiger partial charge in [0.25, 0.3) is 0 Å². The normalized spacial score (nSPS) is 17.8. The largest absolute Gasteiger partial charge is 0.472 e. The lowest BCUT2D eigenvalue weighted by atomic mass is 9.93. The maximum atomic E-state index is 12.5. The van der Waals surface area contributed by atoms with Crippen molar-refractivity contribution in [2.75, 3.05) is 18.0 Å². The van der Waals surface area contributed by atoms with Crippen molar-refractivity contribution >= 4 is 19.0 Å². The second-order valence-electron chi connectivity index (χ2n) is 5.90. The van der Waals surface area contributed by atoms with Gasteiger partial charge in [0.15, 0.2) is 0 Å². The number of hydrogen-bond acceptors (Lipinski definition) is 4. The van der Waals surface area contributed by atoms with Gasteiger partial charge in [-0.15, -0.1) is 0 Å². The molecule has 0 saturated carbocycles. The highest BCUT2D eigenvalue weighted by Gasteiger charge is 2.31. The molecule has 4 nitrogen and oxygen atoms in total. The highest BCUT2D eigenvalue weighted by Crippen LogP contribution is 2.30. The summed E-state index contributed by atoms with van der Waals surface area (Å²) in [7, 11) is 5.73. The SMILES string of the molecule is [B]c1ccc(N2CCC(Oc3ccc(C(F)(F)F)cn3)C2)c(CO)c1. The molecular formula is C17H16BF3N2O2. The Labute approximate surface area is 144 Å². The van der Waals surface area contributed by atoms with E-state index in [1.54, 1.807) is 12.1 Å². The number of alkyl halides is 3. The van der Waals surface area contributed by atoms with Crippen LogP contribution >= 0.6 is 0 Å². The van der Waals surface area contributed by atoms with Gasteiger partial charge in [-0.1, -0.05) is 17.6 Å². The minimum atomic E-state index is -4.41. The number of benzene rings is 1. The fourth-order valence-electron chi connectivity index (χ4n) is 2.87. The smallest absolute Gasteiger partial charge is 0.417 e. The van der Waals surface area contributed by atoms with E-state index in [9.17, 15) is 18.3 Å². The molecule has 1 aromatic carbocycles. The highest BCUT2D eigenvalue weighted by atomic mass is 19.4. The first-order valence-corrected chi connectivity index (χ1v) is 7.81. The number of aliphatic hydroxyl groups excluding tert-OH is 1. The summed E-state index contributed by atoms with van der Waals surface area (Å²) >= 11 is 0. The molecule has 25 heavy (non-hydrogen) atoms. The zero-order chi connectivity index (χ0) is 18.0. The average molecular weight is 348 g/mol. The first-order valence-electron chi connectivity index (χ1n) is 7.81. The van der Waals surface area contributed by atoms with Gasteiger partial charge in [-0.3, -0.25) is 0 Å². The highest BCUT2D eigenvalue weighted by molar-refractivity contribution is 6.32. The molecule has 1 atom stereocenters. The second-order valence-corrected chi connectivity index (χ2v) is 5.90. The fraction of sp³-hybridized carbons (Fsp3) is 0.353. The summed E-state index contributed by atoms with van der Waals surface area (Å²) in [6.07, 6.45) is -3.12. The first-order chi connectivity index (χ1) is 11.9. The molecule has 130 valence electrons. The van der Waals surface area contributed by atoms with Gasteiger partial charge in [0.2, 0.25) is 5.88 Å². The zero-order valence-electron chi connectivity index (χ0n) is 13.3. The number of ether oxygens (including phenoxy) is 1. The molecule has 0 spiro atoms. The van der Waals surface area contributed by atoms with E-state index in [0.29, 0.717) is 25.0 Å².